The molecule has 0 saturated heterocycles. The Hall–Kier alpha value is -2.99. The monoisotopic (exact) mass is 336 g/mol. The molecule has 1 heterocycles. The molecule has 0 aliphatic heterocycles. The average Bonchev–Trinajstić information content (AvgIpc) is 3.15. The van der Waals surface area contributed by atoms with Crippen LogP contribution in [0.2, 0.25) is 0 Å². The molecule has 0 spiro atoms. The lowest BCUT2D eigenvalue weighted by Crippen LogP contribution is -2.27. The van der Waals surface area contributed by atoms with Crippen LogP contribution in [0, 0.1) is 0 Å². The second-order valence-electron chi connectivity index (χ2n) is 5.66. The molecule has 1 N–H and O–H groups in total. The van der Waals surface area contributed by atoms with Gasteiger partial charge in [-0.25, -0.2) is 9.67 Å². The predicted molar refractivity (Wildman–Crippen MR) is 93.5 cm³/mol. The molecule has 3 aromatic rings. The van der Waals surface area contributed by atoms with Crippen LogP contribution >= 0.6 is 0 Å². The largest absolute Gasteiger partial charge is 0.367 e. The maximum Gasteiger partial charge on any atom is 0.246 e. The molecule has 25 heavy (non-hydrogen) atoms. The lowest BCUT2D eigenvalue weighted by molar-refractivity contribution is -0.126. The van der Waals surface area contributed by atoms with Gasteiger partial charge in [0.15, 0.2) is 0 Å². The number of benzene rings is 2. The molecule has 3 rings (SSSR count). The molecule has 2 aromatic carbocycles. The van der Waals surface area contributed by atoms with Crippen molar-refractivity contribution in [1.29, 1.82) is 0 Å². The molecule has 0 fully saturated rings. The summed E-state index contributed by atoms with van der Waals surface area (Å²) in [4.78, 5) is 15.8. The SMILES string of the molecule is O=C(COCc1ccccc1)NCc1ccc(Cn2cncn2)cc1. The average molecular weight is 336 g/mol. The number of amides is 1. The van der Waals surface area contributed by atoms with E-state index in [0.29, 0.717) is 19.7 Å². The van der Waals surface area contributed by atoms with E-state index in [1.165, 1.54) is 6.33 Å². The first-order valence-corrected chi connectivity index (χ1v) is 8.08. The van der Waals surface area contributed by atoms with Gasteiger partial charge in [0.25, 0.3) is 0 Å². The van der Waals surface area contributed by atoms with Crippen LogP contribution in [0.1, 0.15) is 16.7 Å². The number of nitrogens with one attached hydrogen (secondary N) is 1. The Bertz CT molecular complexity index is 771. The summed E-state index contributed by atoms with van der Waals surface area (Å²) in [5, 5.41) is 6.94. The van der Waals surface area contributed by atoms with E-state index in [9.17, 15) is 4.79 Å². The van der Waals surface area contributed by atoms with E-state index in [4.69, 9.17) is 4.74 Å². The number of aromatic nitrogens is 3. The molecule has 0 aliphatic carbocycles. The van der Waals surface area contributed by atoms with E-state index in [-0.39, 0.29) is 12.5 Å². The van der Waals surface area contributed by atoms with E-state index < -0.39 is 0 Å². The number of hydrogen-bond acceptors (Lipinski definition) is 4. The van der Waals surface area contributed by atoms with E-state index in [1.54, 1.807) is 11.0 Å². The first-order valence-electron chi connectivity index (χ1n) is 8.08. The van der Waals surface area contributed by atoms with Crippen molar-refractivity contribution in [3.63, 3.8) is 0 Å². The van der Waals surface area contributed by atoms with Gasteiger partial charge in [-0.1, -0.05) is 54.6 Å². The van der Waals surface area contributed by atoms with Crippen molar-refractivity contribution in [3.8, 4) is 0 Å². The highest BCUT2D eigenvalue weighted by Crippen LogP contribution is 2.06. The standard InChI is InChI=1S/C19H20N4O2/c24-19(13-25-12-18-4-2-1-3-5-18)21-10-16-6-8-17(9-7-16)11-23-15-20-14-22-23/h1-9,14-15H,10-13H2,(H,21,24). The third-order valence-corrected chi connectivity index (χ3v) is 3.67. The summed E-state index contributed by atoms with van der Waals surface area (Å²) in [5.41, 5.74) is 3.23. The second-order valence-corrected chi connectivity index (χ2v) is 5.66. The van der Waals surface area contributed by atoms with Gasteiger partial charge in [-0.3, -0.25) is 4.79 Å². The Balaban J connectivity index is 1.38. The van der Waals surface area contributed by atoms with Crippen LogP contribution in [-0.4, -0.2) is 27.3 Å². The van der Waals surface area contributed by atoms with Gasteiger partial charge < -0.3 is 10.1 Å². The quantitative estimate of drug-likeness (QED) is 0.684. The minimum atomic E-state index is -0.123. The molecule has 0 saturated carbocycles. The van der Waals surface area contributed by atoms with Crippen molar-refractivity contribution in [2.75, 3.05) is 6.61 Å². The highest BCUT2D eigenvalue weighted by Gasteiger charge is 2.03. The molecule has 1 amide bonds. The topological polar surface area (TPSA) is 69.0 Å². The highest BCUT2D eigenvalue weighted by molar-refractivity contribution is 5.77. The summed E-state index contributed by atoms with van der Waals surface area (Å²) >= 11 is 0. The molecule has 0 radical (unpaired) electrons. The van der Waals surface area contributed by atoms with Crippen LogP contribution in [0.25, 0.3) is 0 Å². The minimum absolute atomic E-state index is 0.0548. The van der Waals surface area contributed by atoms with E-state index in [1.807, 2.05) is 54.6 Å². The molecule has 0 unspecified atom stereocenters. The van der Waals surface area contributed by atoms with E-state index in [0.717, 1.165) is 16.7 Å². The number of carbonyl (C=O) groups is 1. The van der Waals surface area contributed by atoms with Crippen molar-refractivity contribution in [2.24, 2.45) is 0 Å². The molecule has 6 heteroatoms. The maximum absolute atomic E-state index is 11.8. The van der Waals surface area contributed by atoms with Crippen molar-refractivity contribution in [2.45, 2.75) is 19.7 Å². The van der Waals surface area contributed by atoms with Crippen molar-refractivity contribution >= 4 is 5.91 Å². The van der Waals surface area contributed by atoms with Crippen molar-refractivity contribution < 1.29 is 9.53 Å². The van der Waals surface area contributed by atoms with Gasteiger partial charge in [-0.2, -0.15) is 5.10 Å². The number of carbonyl (C=O) groups excluding carboxylic acids is 1. The number of hydrogen-bond donors (Lipinski definition) is 1. The van der Waals surface area contributed by atoms with Crippen molar-refractivity contribution in [3.05, 3.63) is 83.9 Å². The summed E-state index contributed by atoms with van der Waals surface area (Å²) in [6, 6.07) is 17.8. The van der Waals surface area contributed by atoms with Gasteiger partial charge in [0, 0.05) is 6.54 Å². The number of rotatable bonds is 8. The summed E-state index contributed by atoms with van der Waals surface area (Å²) in [6.07, 6.45) is 3.20. The number of ether oxygens (including phenoxy) is 1. The predicted octanol–water partition coefficient (Wildman–Crippen LogP) is 2.16. The van der Waals surface area contributed by atoms with Crippen LogP contribution in [0.15, 0.2) is 67.3 Å². The molecule has 6 nitrogen and oxygen atoms in total. The first-order chi connectivity index (χ1) is 12.3. The smallest absolute Gasteiger partial charge is 0.246 e. The minimum Gasteiger partial charge on any atom is -0.367 e. The normalized spacial score (nSPS) is 10.6. The molecule has 0 atom stereocenters. The van der Waals surface area contributed by atoms with Crippen LogP contribution in [-0.2, 0) is 29.2 Å². The molecule has 1 aromatic heterocycles. The van der Waals surface area contributed by atoms with Gasteiger partial charge in [0.1, 0.15) is 19.3 Å². The van der Waals surface area contributed by atoms with Gasteiger partial charge in [0.2, 0.25) is 5.91 Å². The van der Waals surface area contributed by atoms with E-state index >= 15 is 0 Å². The highest BCUT2D eigenvalue weighted by atomic mass is 16.5. The zero-order valence-electron chi connectivity index (χ0n) is 13.8. The molecular formula is C19H20N4O2. The van der Waals surface area contributed by atoms with E-state index in [2.05, 4.69) is 15.4 Å². The Morgan fingerprint density at radius 2 is 1.76 bits per heavy atom. The number of nitrogens with zero attached hydrogens (tertiary/aromatic N) is 3. The van der Waals surface area contributed by atoms with Gasteiger partial charge >= 0.3 is 0 Å². The molecule has 0 bridgehead atoms. The second kappa shape index (κ2) is 8.75. The van der Waals surface area contributed by atoms with Gasteiger partial charge in [-0.05, 0) is 16.7 Å². The molecular weight excluding hydrogens is 316 g/mol. The summed E-state index contributed by atoms with van der Waals surface area (Å²) in [5.74, 6) is -0.123. The maximum atomic E-state index is 11.8. The Morgan fingerprint density at radius 3 is 2.48 bits per heavy atom. The van der Waals surface area contributed by atoms with Crippen LogP contribution in [0.5, 0.6) is 0 Å². The summed E-state index contributed by atoms with van der Waals surface area (Å²) in [6.45, 7) is 1.65. The Morgan fingerprint density at radius 1 is 1.00 bits per heavy atom. The summed E-state index contributed by atoms with van der Waals surface area (Å²) < 4.78 is 7.18. The van der Waals surface area contributed by atoms with Crippen LogP contribution in [0.4, 0.5) is 0 Å². The molecule has 0 aliphatic rings. The van der Waals surface area contributed by atoms with Crippen molar-refractivity contribution in [1.82, 2.24) is 20.1 Å². The Kier molecular flexibility index (Phi) is 5.90. The lowest BCUT2D eigenvalue weighted by atomic mass is 10.1. The third-order valence-electron chi connectivity index (χ3n) is 3.67. The first kappa shape index (κ1) is 16.9. The Labute approximate surface area is 146 Å². The van der Waals surface area contributed by atoms with Gasteiger partial charge in [-0.15, -0.1) is 0 Å². The third kappa shape index (κ3) is 5.54. The fourth-order valence-electron chi connectivity index (χ4n) is 2.35. The summed E-state index contributed by atoms with van der Waals surface area (Å²) in [7, 11) is 0. The van der Waals surface area contributed by atoms with Crippen LogP contribution in [0.3, 0.4) is 0 Å². The molecule has 128 valence electrons. The van der Waals surface area contributed by atoms with Gasteiger partial charge in [0.05, 0.1) is 13.2 Å². The fourth-order valence-corrected chi connectivity index (χ4v) is 2.35. The lowest BCUT2D eigenvalue weighted by Gasteiger charge is -2.08. The zero-order chi connectivity index (χ0) is 17.3. The fraction of sp³-hybridized carbons (Fsp3) is 0.211. The zero-order valence-corrected chi connectivity index (χ0v) is 13.8. The van der Waals surface area contributed by atoms with Crippen LogP contribution < -0.4 is 5.32 Å².